The Morgan fingerprint density at radius 2 is 1.36 bits per heavy atom. The summed E-state index contributed by atoms with van der Waals surface area (Å²) in [7, 11) is -4.14. The first-order chi connectivity index (χ1) is 21.0. The Morgan fingerprint density at radius 1 is 0.795 bits per heavy atom. The van der Waals surface area contributed by atoms with Crippen molar-refractivity contribution in [1.82, 2.24) is 10.2 Å². The topological polar surface area (TPSA) is 86.8 Å². The number of benzene rings is 4. The van der Waals surface area contributed by atoms with Crippen LogP contribution in [-0.2, 0) is 32.6 Å². The number of nitrogens with one attached hydrogen (secondary N) is 1. The number of amides is 2. The molecule has 1 N–H and O–H groups in total. The molecule has 0 aromatic heterocycles. The first-order valence-corrected chi connectivity index (χ1v) is 16.8. The first-order valence-electron chi connectivity index (χ1n) is 14.5. The van der Waals surface area contributed by atoms with Crippen molar-refractivity contribution in [2.24, 2.45) is 5.92 Å². The Bertz CT molecular complexity index is 1630. The predicted molar refractivity (Wildman–Crippen MR) is 179 cm³/mol. The van der Waals surface area contributed by atoms with E-state index in [1.54, 1.807) is 48.5 Å². The first kappa shape index (κ1) is 33.0. The summed E-state index contributed by atoms with van der Waals surface area (Å²) in [5, 5.41) is 3.01. The zero-order valence-electron chi connectivity index (χ0n) is 25.2. The summed E-state index contributed by atoms with van der Waals surface area (Å²) in [6.07, 6.45) is 0.270. The highest BCUT2D eigenvalue weighted by Crippen LogP contribution is 2.27. The number of hydrogen-bond acceptors (Lipinski definition) is 4. The van der Waals surface area contributed by atoms with Crippen molar-refractivity contribution in [3.8, 4) is 0 Å². The van der Waals surface area contributed by atoms with Crippen molar-refractivity contribution < 1.29 is 18.0 Å². The molecule has 0 fully saturated rings. The van der Waals surface area contributed by atoms with Crippen molar-refractivity contribution in [2.45, 2.75) is 44.7 Å². The molecule has 0 saturated carbocycles. The molecule has 0 bridgehead atoms. The molecule has 230 valence electrons. The second kappa shape index (κ2) is 15.2. The molecule has 7 nitrogen and oxygen atoms in total. The quantitative estimate of drug-likeness (QED) is 0.179. The van der Waals surface area contributed by atoms with E-state index in [4.69, 9.17) is 0 Å². The molecule has 0 aliphatic carbocycles. The molecule has 4 aromatic rings. The highest BCUT2D eigenvalue weighted by molar-refractivity contribution is 9.10. The fourth-order valence-electron chi connectivity index (χ4n) is 4.73. The predicted octanol–water partition coefficient (Wildman–Crippen LogP) is 6.37. The van der Waals surface area contributed by atoms with Gasteiger partial charge in [-0.05, 0) is 60.4 Å². The maximum Gasteiger partial charge on any atom is 0.264 e. The zero-order chi connectivity index (χ0) is 31.7. The largest absolute Gasteiger partial charge is 0.354 e. The van der Waals surface area contributed by atoms with E-state index >= 15 is 0 Å². The van der Waals surface area contributed by atoms with Crippen LogP contribution in [0.15, 0.2) is 119 Å². The van der Waals surface area contributed by atoms with E-state index in [0.717, 1.165) is 25.5 Å². The standard InChI is InChI=1S/C35H38BrN3O4S/c1-26(2)23-37-35(41)33(22-28-10-6-4-7-11-28)38(24-29-12-8-5-9-13-29)34(40)25-39(31-18-16-30(36)17-19-31)44(42,43)32-20-14-27(3)15-21-32/h4-21,26,33H,22-25H2,1-3H3,(H,37,41)/t33-/m1/s1. The summed E-state index contributed by atoms with van der Waals surface area (Å²) in [6, 6.07) is 31.4. The summed E-state index contributed by atoms with van der Waals surface area (Å²) in [5.74, 6) is -0.571. The van der Waals surface area contributed by atoms with E-state index in [1.807, 2.05) is 81.4 Å². The van der Waals surface area contributed by atoms with E-state index in [0.29, 0.717) is 12.2 Å². The van der Waals surface area contributed by atoms with Crippen LogP contribution in [0.25, 0.3) is 0 Å². The number of carbonyl (C=O) groups is 2. The number of nitrogens with zero attached hydrogens (tertiary/aromatic N) is 2. The summed E-state index contributed by atoms with van der Waals surface area (Å²) >= 11 is 3.41. The van der Waals surface area contributed by atoms with Gasteiger partial charge in [-0.25, -0.2) is 8.42 Å². The van der Waals surface area contributed by atoms with Gasteiger partial charge in [-0.3, -0.25) is 13.9 Å². The number of sulfonamides is 1. The Balaban J connectivity index is 1.78. The number of anilines is 1. The van der Waals surface area contributed by atoms with Gasteiger partial charge in [0.15, 0.2) is 0 Å². The van der Waals surface area contributed by atoms with Gasteiger partial charge in [-0.15, -0.1) is 0 Å². The van der Waals surface area contributed by atoms with Crippen LogP contribution in [0, 0.1) is 12.8 Å². The number of hydrogen-bond donors (Lipinski definition) is 1. The molecule has 0 saturated heterocycles. The summed E-state index contributed by atoms with van der Waals surface area (Å²) in [5.41, 5.74) is 2.97. The molecule has 0 unspecified atom stereocenters. The normalized spacial score (nSPS) is 12.0. The second-order valence-corrected chi connectivity index (χ2v) is 13.9. The fraction of sp³-hybridized carbons (Fsp3) is 0.257. The van der Waals surface area contributed by atoms with E-state index in [2.05, 4.69) is 21.2 Å². The van der Waals surface area contributed by atoms with Crippen LogP contribution in [0.1, 0.15) is 30.5 Å². The number of aryl methyl sites for hydroxylation is 1. The van der Waals surface area contributed by atoms with Gasteiger partial charge in [0.05, 0.1) is 10.6 Å². The molecule has 4 aromatic carbocycles. The van der Waals surface area contributed by atoms with E-state index in [9.17, 15) is 18.0 Å². The minimum absolute atomic E-state index is 0.0731. The molecular formula is C35H38BrN3O4S. The molecule has 44 heavy (non-hydrogen) atoms. The average Bonchev–Trinajstić information content (AvgIpc) is 3.02. The molecule has 0 heterocycles. The van der Waals surface area contributed by atoms with Crippen molar-refractivity contribution >= 4 is 43.5 Å². The Morgan fingerprint density at radius 3 is 1.93 bits per heavy atom. The van der Waals surface area contributed by atoms with Crippen LogP contribution in [0.3, 0.4) is 0 Å². The number of rotatable bonds is 13. The number of carbonyl (C=O) groups excluding carboxylic acids is 2. The van der Waals surface area contributed by atoms with Crippen LogP contribution in [0.2, 0.25) is 0 Å². The average molecular weight is 677 g/mol. The molecule has 0 radical (unpaired) electrons. The van der Waals surface area contributed by atoms with E-state index < -0.39 is 28.5 Å². The van der Waals surface area contributed by atoms with Gasteiger partial charge in [0.1, 0.15) is 12.6 Å². The van der Waals surface area contributed by atoms with Crippen LogP contribution >= 0.6 is 15.9 Å². The summed E-state index contributed by atoms with van der Waals surface area (Å²) < 4.78 is 30.1. The summed E-state index contributed by atoms with van der Waals surface area (Å²) in [6.45, 7) is 5.98. The molecular weight excluding hydrogens is 638 g/mol. The van der Waals surface area contributed by atoms with Crippen LogP contribution in [0.5, 0.6) is 0 Å². The molecule has 4 rings (SSSR count). The lowest BCUT2D eigenvalue weighted by atomic mass is 10.0. The minimum atomic E-state index is -4.14. The van der Waals surface area contributed by atoms with Crippen molar-refractivity contribution in [2.75, 3.05) is 17.4 Å². The van der Waals surface area contributed by atoms with Crippen LogP contribution in [0.4, 0.5) is 5.69 Å². The third-order valence-corrected chi connectivity index (χ3v) is 9.47. The molecule has 0 aliphatic rings. The molecule has 2 amide bonds. The summed E-state index contributed by atoms with van der Waals surface area (Å²) in [4.78, 5) is 29.8. The third-order valence-electron chi connectivity index (χ3n) is 7.15. The Hall–Kier alpha value is -3.95. The maximum atomic E-state index is 14.4. The third kappa shape index (κ3) is 8.80. The van der Waals surface area contributed by atoms with Gasteiger partial charge in [0.25, 0.3) is 10.0 Å². The number of halogens is 1. The van der Waals surface area contributed by atoms with Gasteiger partial charge in [0.2, 0.25) is 11.8 Å². The SMILES string of the molecule is Cc1ccc(S(=O)(=O)N(CC(=O)N(Cc2ccccc2)[C@H](Cc2ccccc2)C(=O)NCC(C)C)c2ccc(Br)cc2)cc1. The Labute approximate surface area is 269 Å². The highest BCUT2D eigenvalue weighted by atomic mass is 79.9. The molecule has 1 atom stereocenters. The lowest BCUT2D eigenvalue weighted by Gasteiger charge is -2.34. The van der Waals surface area contributed by atoms with Gasteiger partial charge >= 0.3 is 0 Å². The van der Waals surface area contributed by atoms with Crippen molar-refractivity contribution in [1.29, 1.82) is 0 Å². The minimum Gasteiger partial charge on any atom is -0.354 e. The van der Waals surface area contributed by atoms with Crippen molar-refractivity contribution in [3.63, 3.8) is 0 Å². The Kier molecular flexibility index (Phi) is 11.4. The van der Waals surface area contributed by atoms with Gasteiger partial charge in [-0.2, -0.15) is 0 Å². The van der Waals surface area contributed by atoms with Crippen molar-refractivity contribution in [3.05, 3.63) is 130 Å². The molecule has 9 heteroatoms. The van der Waals surface area contributed by atoms with E-state index in [-0.39, 0.29) is 29.7 Å². The maximum absolute atomic E-state index is 14.4. The second-order valence-electron chi connectivity index (χ2n) is 11.2. The van der Waals surface area contributed by atoms with Gasteiger partial charge < -0.3 is 10.2 Å². The lowest BCUT2D eigenvalue weighted by Crippen LogP contribution is -2.53. The molecule has 0 aliphatic heterocycles. The molecule has 0 spiro atoms. The van der Waals surface area contributed by atoms with Crippen LogP contribution < -0.4 is 9.62 Å². The zero-order valence-corrected chi connectivity index (χ0v) is 27.6. The van der Waals surface area contributed by atoms with Gasteiger partial charge in [-0.1, -0.05) is 108 Å². The monoisotopic (exact) mass is 675 g/mol. The fourth-order valence-corrected chi connectivity index (χ4v) is 6.41. The smallest absolute Gasteiger partial charge is 0.264 e. The van der Waals surface area contributed by atoms with E-state index in [1.165, 1.54) is 4.90 Å². The lowest BCUT2D eigenvalue weighted by molar-refractivity contribution is -0.140. The highest BCUT2D eigenvalue weighted by Gasteiger charge is 2.34. The van der Waals surface area contributed by atoms with Gasteiger partial charge in [0, 0.05) is 24.0 Å². The van der Waals surface area contributed by atoms with Crippen LogP contribution in [-0.4, -0.2) is 44.3 Å².